The Balaban J connectivity index is 2.61. The minimum atomic E-state index is -0.0865. The summed E-state index contributed by atoms with van der Waals surface area (Å²) in [5.41, 5.74) is 3.84. The zero-order valence-electron chi connectivity index (χ0n) is 8.96. The average molecular weight is 188 g/mol. The van der Waals surface area contributed by atoms with Crippen molar-refractivity contribution in [1.82, 2.24) is 5.32 Å². The van der Waals surface area contributed by atoms with Gasteiger partial charge in [0, 0.05) is 6.54 Å². The van der Waals surface area contributed by atoms with Crippen molar-refractivity contribution < 1.29 is 0 Å². The van der Waals surface area contributed by atoms with Crippen LogP contribution in [0.3, 0.4) is 0 Å². The smallest absolute Gasteiger partial charge is 0.0927 e. The normalized spacial score (nSPS) is 12.1. The first-order valence-corrected chi connectivity index (χ1v) is 4.82. The monoisotopic (exact) mass is 188 g/mol. The molecule has 2 heteroatoms. The molecule has 0 aromatic heterocycles. The van der Waals surface area contributed by atoms with E-state index < -0.39 is 0 Å². The van der Waals surface area contributed by atoms with Crippen LogP contribution in [0.4, 0.5) is 0 Å². The third kappa shape index (κ3) is 2.86. The molecule has 14 heavy (non-hydrogen) atoms. The van der Waals surface area contributed by atoms with Crippen LogP contribution in [-0.2, 0) is 6.54 Å². The van der Waals surface area contributed by atoms with Crippen LogP contribution in [-0.4, -0.2) is 6.04 Å². The maximum Gasteiger partial charge on any atom is 0.0927 e. The van der Waals surface area contributed by atoms with Crippen LogP contribution < -0.4 is 5.32 Å². The molecule has 0 aliphatic heterocycles. The second-order valence-corrected chi connectivity index (χ2v) is 3.65. The lowest BCUT2D eigenvalue weighted by atomic mass is 10.1. The van der Waals surface area contributed by atoms with Crippen molar-refractivity contribution in [3.05, 3.63) is 34.9 Å². The fourth-order valence-electron chi connectivity index (χ4n) is 1.23. The molecule has 1 rings (SSSR count). The zero-order valence-corrected chi connectivity index (χ0v) is 8.96. The highest BCUT2D eigenvalue weighted by atomic mass is 14.9. The molecule has 1 aromatic rings. The third-order valence-electron chi connectivity index (χ3n) is 2.38. The highest BCUT2D eigenvalue weighted by molar-refractivity contribution is 5.29. The summed E-state index contributed by atoms with van der Waals surface area (Å²) in [5, 5.41) is 11.7. The number of rotatable bonds is 3. The number of aryl methyl sites for hydroxylation is 2. The van der Waals surface area contributed by atoms with Crippen molar-refractivity contribution in [3.63, 3.8) is 0 Å². The Hall–Kier alpha value is -1.33. The van der Waals surface area contributed by atoms with Gasteiger partial charge in [0.2, 0.25) is 0 Å². The fraction of sp³-hybridized carbons (Fsp3) is 0.417. The van der Waals surface area contributed by atoms with Gasteiger partial charge < -0.3 is 0 Å². The Bertz CT molecular complexity index is 350. The molecule has 0 saturated heterocycles. The van der Waals surface area contributed by atoms with Crippen molar-refractivity contribution >= 4 is 0 Å². The molecule has 74 valence electrons. The van der Waals surface area contributed by atoms with Crippen LogP contribution in [0, 0.1) is 25.2 Å². The molecule has 0 amide bonds. The summed E-state index contributed by atoms with van der Waals surface area (Å²) in [6.07, 6.45) is 0. The summed E-state index contributed by atoms with van der Waals surface area (Å²) in [7, 11) is 0. The average Bonchev–Trinajstić information content (AvgIpc) is 2.19. The second-order valence-electron chi connectivity index (χ2n) is 3.65. The van der Waals surface area contributed by atoms with Gasteiger partial charge in [-0.15, -0.1) is 0 Å². The van der Waals surface area contributed by atoms with E-state index in [9.17, 15) is 0 Å². The van der Waals surface area contributed by atoms with Gasteiger partial charge in [0.1, 0.15) is 0 Å². The number of nitrogens with zero attached hydrogens (tertiary/aromatic N) is 1. The first-order valence-electron chi connectivity index (χ1n) is 4.82. The van der Waals surface area contributed by atoms with Crippen LogP contribution in [0.15, 0.2) is 18.2 Å². The van der Waals surface area contributed by atoms with Gasteiger partial charge in [-0.2, -0.15) is 5.26 Å². The molecular formula is C12H16N2. The Labute approximate surface area is 85.6 Å². The highest BCUT2D eigenvalue weighted by Crippen LogP contribution is 2.09. The molecule has 0 fully saturated rings. The van der Waals surface area contributed by atoms with Crippen LogP contribution in [0.2, 0.25) is 0 Å². The molecule has 0 aliphatic carbocycles. The van der Waals surface area contributed by atoms with Crippen LogP contribution in [0.25, 0.3) is 0 Å². The lowest BCUT2D eigenvalue weighted by molar-refractivity contribution is 0.642. The maximum atomic E-state index is 8.60. The van der Waals surface area contributed by atoms with E-state index >= 15 is 0 Å². The van der Waals surface area contributed by atoms with E-state index in [2.05, 4.69) is 43.4 Å². The summed E-state index contributed by atoms with van der Waals surface area (Å²) in [6, 6.07) is 8.43. The lowest BCUT2D eigenvalue weighted by Gasteiger charge is -2.08. The zero-order chi connectivity index (χ0) is 10.6. The largest absolute Gasteiger partial charge is 0.298 e. The first-order chi connectivity index (χ1) is 6.63. The molecule has 1 aromatic carbocycles. The molecule has 0 spiro atoms. The number of benzene rings is 1. The van der Waals surface area contributed by atoms with Gasteiger partial charge in [0.15, 0.2) is 0 Å². The Morgan fingerprint density at radius 2 is 2.07 bits per heavy atom. The summed E-state index contributed by atoms with van der Waals surface area (Å²) in [4.78, 5) is 0. The minimum absolute atomic E-state index is 0.0865. The van der Waals surface area contributed by atoms with Gasteiger partial charge in [0.05, 0.1) is 12.1 Å². The van der Waals surface area contributed by atoms with Crippen LogP contribution in [0.1, 0.15) is 23.6 Å². The lowest BCUT2D eigenvalue weighted by Crippen LogP contribution is -2.23. The molecule has 1 N–H and O–H groups in total. The number of nitrogens with one attached hydrogen (secondary N) is 1. The maximum absolute atomic E-state index is 8.60. The number of hydrogen-bond acceptors (Lipinski definition) is 2. The van der Waals surface area contributed by atoms with Gasteiger partial charge in [-0.05, 0) is 37.5 Å². The third-order valence-corrected chi connectivity index (χ3v) is 2.38. The number of nitriles is 1. The molecule has 1 unspecified atom stereocenters. The van der Waals surface area contributed by atoms with E-state index in [-0.39, 0.29) is 6.04 Å². The molecular weight excluding hydrogens is 172 g/mol. The standard InChI is InChI=1S/C12H16N2/c1-9-4-5-12(6-10(9)2)8-14-11(3)7-13/h4-6,11,14H,8H2,1-3H3. The molecule has 0 radical (unpaired) electrons. The van der Waals surface area contributed by atoms with Crippen molar-refractivity contribution in [3.8, 4) is 6.07 Å². The molecule has 2 nitrogen and oxygen atoms in total. The van der Waals surface area contributed by atoms with E-state index in [0.29, 0.717) is 0 Å². The van der Waals surface area contributed by atoms with Gasteiger partial charge in [0.25, 0.3) is 0 Å². The molecule has 0 bridgehead atoms. The van der Waals surface area contributed by atoms with Crippen molar-refractivity contribution in [1.29, 1.82) is 5.26 Å². The summed E-state index contributed by atoms with van der Waals surface area (Å²) < 4.78 is 0. The van der Waals surface area contributed by atoms with E-state index in [1.54, 1.807) is 0 Å². The molecule has 0 heterocycles. The Kier molecular flexibility index (Phi) is 3.67. The SMILES string of the molecule is Cc1ccc(CNC(C)C#N)cc1C. The van der Waals surface area contributed by atoms with E-state index in [1.807, 2.05) is 6.92 Å². The van der Waals surface area contributed by atoms with Crippen molar-refractivity contribution in [2.45, 2.75) is 33.4 Å². The second kappa shape index (κ2) is 4.78. The Morgan fingerprint density at radius 1 is 1.36 bits per heavy atom. The van der Waals surface area contributed by atoms with Gasteiger partial charge >= 0.3 is 0 Å². The summed E-state index contributed by atoms with van der Waals surface area (Å²) in [6.45, 7) is 6.83. The topological polar surface area (TPSA) is 35.8 Å². The van der Waals surface area contributed by atoms with Crippen molar-refractivity contribution in [2.24, 2.45) is 0 Å². The molecule has 0 saturated carbocycles. The highest BCUT2D eigenvalue weighted by Gasteiger charge is 1.99. The van der Waals surface area contributed by atoms with Crippen LogP contribution in [0.5, 0.6) is 0 Å². The van der Waals surface area contributed by atoms with Crippen LogP contribution >= 0.6 is 0 Å². The quantitative estimate of drug-likeness (QED) is 0.790. The van der Waals surface area contributed by atoms with E-state index in [4.69, 9.17) is 5.26 Å². The van der Waals surface area contributed by atoms with E-state index in [1.165, 1.54) is 16.7 Å². The van der Waals surface area contributed by atoms with Gasteiger partial charge in [-0.1, -0.05) is 18.2 Å². The fourth-order valence-corrected chi connectivity index (χ4v) is 1.23. The Morgan fingerprint density at radius 3 is 2.64 bits per heavy atom. The molecule has 0 aliphatic rings. The van der Waals surface area contributed by atoms with Gasteiger partial charge in [-0.3, -0.25) is 5.32 Å². The predicted octanol–water partition coefficient (Wildman–Crippen LogP) is 2.31. The molecule has 1 atom stereocenters. The summed E-state index contributed by atoms with van der Waals surface area (Å²) in [5.74, 6) is 0. The van der Waals surface area contributed by atoms with E-state index in [0.717, 1.165) is 6.54 Å². The minimum Gasteiger partial charge on any atom is -0.298 e. The van der Waals surface area contributed by atoms with Gasteiger partial charge in [-0.25, -0.2) is 0 Å². The first kappa shape index (κ1) is 10.7. The van der Waals surface area contributed by atoms with Crippen molar-refractivity contribution in [2.75, 3.05) is 0 Å². The number of hydrogen-bond donors (Lipinski definition) is 1. The summed E-state index contributed by atoms with van der Waals surface area (Å²) >= 11 is 0. The predicted molar refractivity (Wildman–Crippen MR) is 57.8 cm³/mol.